The van der Waals surface area contributed by atoms with Crippen molar-refractivity contribution in [2.24, 2.45) is 0 Å². The molecule has 0 spiro atoms. The molecule has 0 bridgehead atoms. The van der Waals surface area contributed by atoms with Crippen molar-refractivity contribution in [3.05, 3.63) is 65.2 Å². The van der Waals surface area contributed by atoms with E-state index in [1.54, 1.807) is 18.2 Å². The minimum atomic E-state index is -0.274. The van der Waals surface area contributed by atoms with Crippen LogP contribution in [0, 0.1) is 0 Å². The highest BCUT2D eigenvalue weighted by Crippen LogP contribution is 2.17. The smallest absolute Gasteiger partial charge is 0.261 e. The Kier molecular flexibility index (Phi) is 6.04. The molecule has 7 nitrogen and oxygen atoms in total. The number of benzene rings is 2. The molecule has 3 rings (SSSR count). The summed E-state index contributed by atoms with van der Waals surface area (Å²) in [5.74, 6) is 1.21. The van der Waals surface area contributed by atoms with E-state index >= 15 is 0 Å². The van der Waals surface area contributed by atoms with Gasteiger partial charge >= 0.3 is 0 Å². The number of nitrogens with one attached hydrogen (secondary N) is 1. The van der Waals surface area contributed by atoms with Gasteiger partial charge < -0.3 is 14.8 Å². The van der Waals surface area contributed by atoms with Gasteiger partial charge in [-0.05, 0) is 43.3 Å². The van der Waals surface area contributed by atoms with Crippen LogP contribution in [0.2, 0.25) is 0 Å². The number of para-hydroxylation sites is 1. The fraction of sp³-hybridized carbons (Fsp3) is 0.250. The molecular weight excluding hydrogens is 346 g/mol. The van der Waals surface area contributed by atoms with E-state index in [1.807, 2.05) is 37.3 Å². The number of aromatic nitrogens is 2. The van der Waals surface area contributed by atoms with Crippen LogP contribution < -0.4 is 20.3 Å². The maximum atomic E-state index is 12.4. The summed E-state index contributed by atoms with van der Waals surface area (Å²) < 4.78 is 12.2. The first-order valence-corrected chi connectivity index (χ1v) is 8.74. The number of carbonyl (C=O) groups is 1. The maximum Gasteiger partial charge on any atom is 0.261 e. The Morgan fingerprint density at radius 2 is 1.78 bits per heavy atom. The van der Waals surface area contributed by atoms with Gasteiger partial charge in [-0.2, -0.15) is 0 Å². The average Bonchev–Trinajstić information content (AvgIpc) is 2.69. The molecule has 0 aliphatic carbocycles. The Morgan fingerprint density at radius 1 is 1.07 bits per heavy atom. The second-order valence-electron chi connectivity index (χ2n) is 5.80. The molecule has 3 aromatic rings. The minimum Gasteiger partial charge on any atom is -0.494 e. The summed E-state index contributed by atoms with van der Waals surface area (Å²) in [7, 11) is 0. The van der Waals surface area contributed by atoms with Crippen LogP contribution in [0.5, 0.6) is 11.5 Å². The fourth-order valence-electron chi connectivity index (χ4n) is 2.59. The lowest BCUT2D eigenvalue weighted by Gasteiger charge is -2.10. The second kappa shape index (κ2) is 8.84. The molecule has 1 N–H and O–H groups in total. The zero-order valence-corrected chi connectivity index (χ0v) is 15.1. The van der Waals surface area contributed by atoms with Gasteiger partial charge in [0, 0.05) is 0 Å². The lowest BCUT2D eigenvalue weighted by atomic mass is 10.2. The number of nitrogens with zero attached hydrogens (tertiary/aromatic N) is 2. The molecule has 140 valence electrons. The summed E-state index contributed by atoms with van der Waals surface area (Å²) in [6.45, 7) is 3.11. The van der Waals surface area contributed by atoms with Gasteiger partial charge in [0.05, 0.1) is 30.4 Å². The summed E-state index contributed by atoms with van der Waals surface area (Å²) in [6, 6.07) is 14.3. The quantitative estimate of drug-likeness (QED) is 0.616. The Morgan fingerprint density at radius 3 is 2.52 bits per heavy atom. The van der Waals surface area contributed by atoms with E-state index in [0.29, 0.717) is 36.4 Å². The lowest BCUT2D eigenvalue weighted by molar-refractivity contribution is -0.121. The van der Waals surface area contributed by atoms with Gasteiger partial charge in [0.25, 0.3) is 5.56 Å². The van der Waals surface area contributed by atoms with E-state index in [4.69, 9.17) is 9.47 Å². The third-order valence-electron chi connectivity index (χ3n) is 3.87. The molecule has 2 aromatic carbocycles. The Balaban J connectivity index is 1.47. The van der Waals surface area contributed by atoms with Crippen LogP contribution in [-0.2, 0) is 11.3 Å². The summed E-state index contributed by atoms with van der Waals surface area (Å²) in [6.07, 6.45) is 1.39. The van der Waals surface area contributed by atoms with Gasteiger partial charge in [-0.3, -0.25) is 14.2 Å². The Hall–Kier alpha value is -3.35. The molecule has 0 atom stereocenters. The van der Waals surface area contributed by atoms with Gasteiger partial charge in [-0.15, -0.1) is 0 Å². The van der Waals surface area contributed by atoms with Crippen molar-refractivity contribution >= 4 is 16.8 Å². The molecule has 7 heteroatoms. The molecule has 1 aromatic heterocycles. The van der Waals surface area contributed by atoms with Crippen LogP contribution in [0.1, 0.15) is 6.92 Å². The van der Waals surface area contributed by atoms with Crippen LogP contribution in [-0.4, -0.2) is 35.2 Å². The van der Waals surface area contributed by atoms with E-state index in [1.165, 1.54) is 10.9 Å². The Bertz CT molecular complexity index is 967. The van der Waals surface area contributed by atoms with Gasteiger partial charge in [0.15, 0.2) is 0 Å². The first kappa shape index (κ1) is 18.4. The van der Waals surface area contributed by atoms with Gasteiger partial charge in [0.2, 0.25) is 5.91 Å². The van der Waals surface area contributed by atoms with Crippen molar-refractivity contribution in [3.8, 4) is 11.5 Å². The summed E-state index contributed by atoms with van der Waals surface area (Å²) in [5.41, 5.74) is 0.379. The summed E-state index contributed by atoms with van der Waals surface area (Å²) >= 11 is 0. The van der Waals surface area contributed by atoms with Crippen LogP contribution in [0.3, 0.4) is 0 Å². The monoisotopic (exact) mass is 367 g/mol. The number of amides is 1. The SMILES string of the molecule is CCOc1ccc(OCCNC(=O)Cn2cnc3ccccc3c2=O)cc1. The van der Waals surface area contributed by atoms with Crippen molar-refractivity contribution in [2.75, 3.05) is 19.8 Å². The zero-order valence-electron chi connectivity index (χ0n) is 15.1. The van der Waals surface area contributed by atoms with Crippen LogP contribution in [0.25, 0.3) is 10.9 Å². The maximum absolute atomic E-state index is 12.4. The second-order valence-corrected chi connectivity index (χ2v) is 5.80. The predicted octanol–water partition coefficient (Wildman–Crippen LogP) is 1.99. The van der Waals surface area contributed by atoms with Gasteiger partial charge in [-0.1, -0.05) is 12.1 Å². The van der Waals surface area contributed by atoms with E-state index in [2.05, 4.69) is 10.3 Å². The van der Waals surface area contributed by atoms with E-state index < -0.39 is 0 Å². The number of carbonyl (C=O) groups excluding carboxylic acids is 1. The third kappa shape index (κ3) is 4.84. The largest absolute Gasteiger partial charge is 0.494 e. The fourth-order valence-corrected chi connectivity index (χ4v) is 2.59. The molecule has 0 aliphatic heterocycles. The highest BCUT2D eigenvalue weighted by Gasteiger charge is 2.07. The normalized spacial score (nSPS) is 10.6. The number of ether oxygens (including phenoxy) is 2. The predicted molar refractivity (Wildman–Crippen MR) is 102 cm³/mol. The van der Waals surface area contributed by atoms with E-state index in [0.717, 1.165) is 5.75 Å². The molecular formula is C20H21N3O4. The molecule has 0 radical (unpaired) electrons. The molecule has 0 unspecified atom stereocenters. The van der Waals surface area contributed by atoms with Crippen molar-refractivity contribution < 1.29 is 14.3 Å². The molecule has 0 fully saturated rings. The molecule has 27 heavy (non-hydrogen) atoms. The molecule has 1 amide bonds. The molecule has 0 aliphatic rings. The number of hydrogen-bond donors (Lipinski definition) is 1. The van der Waals surface area contributed by atoms with Gasteiger partial charge in [-0.25, -0.2) is 4.98 Å². The molecule has 0 saturated heterocycles. The standard InChI is InChI=1S/C20H21N3O4/c1-2-26-15-7-9-16(10-8-15)27-12-11-21-19(24)13-23-14-22-18-6-4-3-5-17(18)20(23)25/h3-10,14H,2,11-13H2,1H3,(H,21,24). The summed E-state index contributed by atoms with van der Waals surface area (Å²) in [5, 5.41) is 3.22. The average molecular weight is 367 g/mol. The molecule has 1 heterocycles. The lowest BCUT2D eigenvalue weighted by Crippen LogP contribution is -2.34. The number of fused-ring (bicyclic) bond motifs is 1. The highest BCUT2D eigenvalue weighted by atomic mass is 16.5. The van der Waals surface area contributed by atoms with Crippen molar-refractivity contribution in [1.29, 1.82) is 0 Å². The number of hydrogen-bond acceptors (Lipinski definition) is 5. The van der Waals surface area contributed by atoms with Crippen molar-refractivity contribution in [2.45, 2.75) is 13.5 Å². The van der Waals surface area contributed by atoms with Crippen LogP contribution in [0.4, 0.5) is 0 Å². The first-order valence-electron chi connectivity index (χ1n) is 8.74. The third-order valence-corrected chi connectivity index (χ3v) is 3.87. The Labute approximate surface area is 156 Å². The first-order chi connectivity index (χ1) is 13.2. The topological polar surface area (TPSA) is 82.4 Å². The summed E-state index contributed by atoms with van der Waals surface area (Å²) in [4.78, 5) is 28.6. The van der Waals surface area contributed by atoms with Gasteiger partial charge in [0.1, 0.15) is 24.7 Å². The van der Waals surface area contributed by atoms with E-state index in [9.17, 15) is 9.59 Å². The van der Waals surface area contributed by atoms with Crippen LogP contribution >= 0.6 is 0 Å². The van der Waals surface area contributed by atoms with Crippen molar-refractivity contribution in [3.63, 3.8) is 0 Å². The van der Waals surface area contributed by atoms with E-state index in [-0.39, 0.29) is 18.0 Å². The molecule has 0 saturated carbocycles. The van der Waals surface area contributed by atoms with Crippen molar-refractivity contribution in [1.82, 2.24) is 14.9 Å². The number of rotatable bonds is 8. The zero-order chi connectivity index (χ0) is 19.1. The van der Waals surface area contributed by atoms with Crippen LogP contribution in [0.15, 0.2) is 59.7 Å². The highest BCUT2D eigenvalue weighted by molar-refractivity contribution is 5.78. The minimum absolute atomic E-state index is 0.0836.